The van der Waals surface area contributed by atoms with Gasteiger partial charge in [-0.15, -0.1) is 0 Å². The number of carbonyl (C=O) groups excluding carboxylic acids is 1. The van der Waals surface area contributed by atoms with E-state index in [9.17, 15) is 19.3 Å². The van der Waals surface area contributed by atoms with E-state index in [0.717, 1.165) is 6.07 Å². The number of nitro groups is 1. The average Bonchev–Trinajstić information content (AvgIpc) is 2.28. The number of carbonyl (C=O) groups is 1. The highest BCUT2D eigenvalue weighted by Crippen LogP contribution is 2.32. The Labute approximate surface area is 110 Å². The van der Waals surface area contributed by atoms with E-state index in [0.29, 0.717) is 6.42 Å². The van der Waals surface area contributed by atoms with Gasteiger partial charge < -0.3 is 4.74 Å². The minimum Gasteiger partial charge on any atom is -0.463 e. The molecule has 0 aromatic heterocycles. The van der Waals surface area contributed by atoms with E-state index in [2.05, 4.69) is 0 Å². The van der Waals surface area contributed by atoms with Gasteiger partial charge in [0.2, 0.25) is 5.82 Å². The first-order valence-electron chi connectivity index (χ1n) is 6.01. The summed E-state index contributed by atoms with van der Waals surface area (Å²) >= 11 is 0. The van der Waals surface area contributed by atoms with Gasteiger partial charge in [-0.2, -0.15) is 4.39 Å². The molecule has 6 heteroatoms. The Kier molecular flexibility index (Phi) is 4.97. The fraction of sp³-hybridized carbons (Fsp3) is 0.462. The average molecular weight is 269 g/mol. The highest BCUT2D eigenvalue weighted by atomic mass is 19.1. The van der Waals surface area contributed by atoms with E-state index >= 15 is 0 Å². The van der Waals surface area contributed by atoms with Crippen molar-refractivity contribution in [2.24, 2.45) is 0 Å². The van der Waals surface area contributed by atoms with Crippen LogP contribution in [-0.4, -0.2) is 17.0 Å². The predicted molar refractivity (Wildman–Crippen MR) is 67.3 cm³/mol. The molecule has 0 aliphatic carbocycles. The molecule has 1 unspecified atom stereocenters. The minimum atomic E-state index is -0.946. The van der Waals surface area contributed by atoms with E-state index in [1.807, 2.05) is 0 Å². The van der Waals surface area contributed by atoms with Crippen LogP contribution in [0.15, 0.2) is 18.2 Å². The SMILES string of the molecule is CCC(C(=O)OC(C)C)c1cccc(F)c1[N+](=O)[O-]. The molecule has 19 heavy (non-hydrogen) atoms. The summed E-state index contributed by atoms with van der Waals surface area (Å²) < 4.78 is 18.6. The van der Waals surface area contributed by atoms with Crippen LogP contribution >= 0.6 is 0 Å². The van der Waals surface area contributed by atoms with Crippen LogP contribution < -0.4 is 0 Å². The molecule has 0 saturated heterocycles. The molecule has 104 valence electrons. The molecule has 1 aromatic carbocycles. The minimum absolute atomic E-state index is 0.0538. The van der Waals surface area contributed by atoms with Crippen LogP contribution in [0.25, 0.3) is 0 Å². The molecule has 1 rings (SSSR count). The molecule has 0 aliphatic rings. The van der Waals surface area contributed by atoms with Crippen LogP contribution in [0.2, 0.25) is 0 Å². The van der Waals surface area contributed by atoms with Gasteiger partial charge in [-0.05, 0) is 26.3 Å². The number of rotatable bonds is 5. The zero-order chi connectivity index (χ0) is 14.6. The largest absolute Gasteiger partial charge is 0.463 e. The molecule has 0 saturated carbocycles. The van der Waals surface area contributed by atoms with Crippen molar-refractivity contribution in [2.45, 2.75) is 39.2 Å². The maximum Gasteiger partial charge on any atom is 0.313 e. The molecule has 0 bridgehead atoms. The Balaban J connectivity index is 3.22. The number of hydrogen-bond acceptors (Lipinski definition) is 4. The third-order valence-corrected chi connectivity index (χ3v) is 2.62. The zero-order valence-corrected chi connectivity index (χ0v) is 11.1. The number of ether oxygens (including phenoxy) is 1. The van der Waals surface area contributed by atoms with Gasteiger partial charge in [-0.3, -0.25) is 14.9 Å². The Bertz CT molecular complexity index is 488. The lowest BCUT2D eigenvalue weighted by Crippen LogP contribution is -2.20. The monoisotopic (exact) mass is 269 g/mol. The van der Waals surface area contributed by atoms with Crippen LogP contribution in [0.5, 0.6) is 0 Å². The molecule has 0 radical (unpaired) electrons. The van der Waals surface area contributed by atoms with Crippen LogP contribution in [0.3, 0.4) is 0 Å². The molecule has 0 fully saturated rings. The topological polar surface area (TPSA) is 69.4 Å². The Morgan fingerprint density at radius 1 is 1.47 bits per heavy atom. The molecular formula is C13H16FNO4. The normalized spacial score (nSPS) is 12.3. The van der Waals surface area contributed by atoms with Crippen LogP contribution in [0, 0.1) is 15.9 Å². The summed E-state index contributed by atoms with van der Waals surface area (Å²) in [6.45, 7) is 5.07. The van der Waals surface area contributed by atoms with E-state index in [-0.39, 0.29) is 11.7 Å². The fourth-order valence-corrected chi connectivity index (χ4v) is 1.83. The second kappa shape index (κ2) is 6.26. The standard InChI is InChI=1S/C13H16FNO4/c1-4-9(13(16)19-8(2)3)10-6-5-7-11(14)12(10)15(17)18/h5-9H,4H2,1-3H3. The highest BCUT2D eigenvalue weighted by Gasteiger charge is 2.30. The van der Waals surface area contributed by atoms with Crippen LogP contribution in [-0.2, 0) is 9.53 Å². The van der Waals surface area contributed by atoms with Crippen molar-refractivity contribution in [3.05, 3.63) is 39.7 Å². The van der Waals surface area contributed by atoms with E-state index in [1.54, 1.807) is 20.8 Å². The van der Waals surface area contributed by atoms with Crippen LogP contribution in [0.4, 0.5) is 10.1 Å². The summed E-state index contributed by atoms with van der Waals surface area (Å²) in [6.07, 6.45) is -0.0234. The molecule has 0 spiro atoms. The molecule has 1 aromatic rings. The Morgan fingerprint density at radius 3 is 2.58 bits per heavy atom. The van der Waals surface area contributed by atoms with Gasteiger partial charge in [0.1, 0.15) is 0 Å². The summed E-state index contributed by atoms with van der Waals surface area (Å²) in [7, 11) is 0. The summed E-state index contributed by atoms with van der Waals surface area (Å²) in [6, 6.07) is 3.74. The third-order valence-electron chi connectivity index (χ3n) is 2.62. The molecule has 0 amide bonds. The summed E-state index contributed by atoms with van der Waals surface area (Å²) in [4.78, 5) is 22.0. The lowest BCUT2D eigenvalue weighted by Gasteiger charge is -2.16. The van der Waals surface area contributed by atoms with Gasteiger partial charge >= 0.3 is 11.7 Å². The van der Waals surface area contributed by atoms with Crippen molar-refractivity contribution in [2.75, 3.05) is 0 Å². The second-order valence-corrected chi connectivity index (χ2v) is 4.38. The highest BCUT2D eigenvalue weighted by molar-refractivity contribution is 5.79. The zero-order valence-electron chi connectivity index (χ0n) is 11.1. The second-order valence-electron chi connectivity index (χ2n) is 4.38. The quantitative estimate of drug-likeness (QED) is 0.467. The molecule has 0 N–H and O–H groups in total. The first-order valence-corrected chi connectivity index (χ1v) is 6.01. The van der Waals surface area contributed by atoms with E-state index in [4.69, 9.17) is 4.74 Å². The molecule has 0 heterocycles. The molecular weight excluding hydrogens is 253 g/mol. The summed E-state index contributed by atoms with van der Waals surface area (Å²) in [5.41, 5.74) is -0.604. The van der Waals surface area contributed by atoms with Crippen molar-refractivity contribution >= 4 is 11.7 Å². The van der Waals surface area contributed by atoms with Gasteiger partial charge in [0.15, 0.2) is 0 Å². The Morgan fingerprint density at radius 2 is 2.11 bits per heavy atom. The maximum atomic E-state index is 13.5. The first kappa shape index (κ1) is 15.1. The van der Waals surface area contributed by atoms with Crippen LogP contribution in [0.1, 0.15) is 38.7 Å². The van der Waals surface area contributed by atoms with Crippen molar-refractivity contribution in [1.29, 1.82) is 0 Å². The lowest BCUT2D eigenvalue weighted by molar-refractivity contribution is -0.388. The van der Waals surface area contributed by atoms with Gasteiger partial charge in [-0.25, -0.2) is 0 Å². The fourth-order valence-electron chi connectivity index (χ4n) is 1.83. The van der Waals surface area contributed by atoms with Crippen molar-refractivity contribution in [1.82, 2.24) is 0 Å². The Hall–Kier alpha value is -1.98. The van der Waals surface area contributed by atoms with E-state index in [1.165, 1.54) is 12.1 Å². The van der Waals surface area contributed by atoms with Gasteiger partial charge in [-0.1, -0.05) is 19.1 Å². The van der Waals surface area contributed by atoms with Crippen molar-refractivity contribution in [3.8, 4) is 0 Å². The molecule has 5 nitrogen and oxygen atoms in total. The number of halogens is 1. The number of para-hydroxylation sites is 1. The van der Waals surface area contributed by atoms with Gasteiger partial charge in [0.25, 0.3) is 0 Å². The number of esters is 1. The summed E-state index contributed by atoms with van der Waals surface area (Å²) in [5.74, 6) is -2.36. The lowest BCUT2D eigenvalue weighted by atomic mass is 9.94. The number of benzene rings is 1. The maximum absolute atomic E-state index is 13.5. The molecule has 1 atom stereocenters. The smallest absolute Gasteiger partial charge is 0.313 e. The third kappa shape index (κ3) is 3.49. The first-order chi connectivity index (χ1) is 8.88. The number of nitrogens with zero attached hydrogens (tertiary/aromatic N) is 1. The van der Waals surface area contributed by atoms with Crippen molar-refractivity contribution < 1.29 is 18.8 Å². The summed E-state index contributed by atoms with van der Waals surface area (Å²) in [5, 5.41) is 10.9. The number of nitro benzene ring substituents is 1. The van der Waals surface area contributed by atoms with Gasteiger partial charge in [0.05, 0.1) is 16.9 Å². The number of hydrogen-bond donors (Lipinski definition) is 0. The van der Waals surface area contributed by atoms with Gasteiger partial charge in [0, 0.05) is 5.56 Å². The van der Waals surface area contributed by atoms with E-state index < -0.39 is 28.3 Å². The predicted octanol–water partition coefficient (Wildman–Crippen LogP) is 3.18. The molecule has 0 aliphatic heterocycles. The van der Waals surface area contributed by atoms with Crippen molar-refractivity contribution in [3.63, 3.8) is 0 Å².